The van der Waals surface area contributed by atoms with Crippen LogP contribution >= 0.6 is 15.9 Å². The molecule has 202 valence electrons. The van der Waals surface area contributed by atoms with E-state index in [1.165, 1.54) is 17.0 Å². The Morgan fingerprint density at radius 3 is 1.68 bits per heavy atom. The number of benzene rings is 4. The van der Waals surface area contributed by atoms with Crippen LogP contribution in [0.4, 0.5) is 11.4 Å². The van der Waals surface area contributed by atoms with Gasteiger partial charge in [0.2, 0.25) is 11.8 Å². The van der Waals surface area contributed by atoms with Crippen LogP contribution in [0.2, 0.25) is 0 Å². The van der Waals surface area contributed by atoms with Crippen molar-refractivity contribution in [2.75, 3.05) is 16.8 Å². The number of imide groups is 1. The molecule has 2 atom stereocenters. The van der Waals surface area contributed by atoms with Gasteiger partial charge in [0.05, 0.1) is 23.1 Å². The van der Waals surface area contributed by atoms with Crippen LogP contribution in [0.15, 0.2) is 102 Å². The Bertz CT molecular complexity index is 1620. The third-order valence-corrected chi connectivity index (χ3v) is 8.80. The Labute approximate surface area is 244 Å². The molecule has 1 N–H and O–H groups in total. The Balaban J connectivity index is 1.09. The highest BCUT2D eigenvalue weighted by Gasteiger charge is 2.61. The van der Waals surface area contributed by atoms with Crippen LogP contribution in [0, 0.1) is 11.8 Å². The zero-order valence-corrected chi connectivity index (χ0v) is 23.2. The summed E-state index contributed by atoms with van der Waals surface area (Å²) in [6.07, 6.45) is 0. The number of amides is 3. The summed E-state index contributed by atoms with van der Waals surface area (Å²) in [5, 5.41) is 2.66. The lowest BCUT2D eigenvalue weighted by atomic mass is 9.55. The quantitative estimate of drug-likeness (QED) is 0.234. The van der Waals surface area contributed by atoms with Gasteiger partial charge >= 0.3 is 5.97 Å². The first-order valence-electron chi connectivity index (χ1n) is 13.3. The van der Waals surface area contributed by atoms with E-state index in [4.69, 9.17) is 4.74 Å². The van der Waals surface area contributed by atoms with Gasteiger partial charge in [-0.05, 0) is 70.8 Å². The summed E-state index contributed by atoms with van der Waals surface area (Å²) in [7, 11) is 0. The molecular weight excluding hydrogens is 584 g/mol. The van der Waals surface area contributed by atoms with Crippen LogP contribution in [0.1, 0.15) is 44.4 Å². The number of halogens is 1. The third-order valence-electron chi connectivity index (χ3n) is 8.27. The molecule has 0 unspecified atom stereocenters. The first-order valence-corrected chi connectivity index (χ1v) is 14.1. The molecule has 1 heterocycles. The van der Waals surface area contributed by atoms with E-state index in [1.807, 2.05) is 24.3 Å². The molecule has 0 aromatic heterocycles. The normalized spacial score (nSPS) is 21.6. The van der Waals surface area contributed by atoms with Crippen molar-refractivity contribution in [3.63, 3.8) is 0 Å². The van der Waals surface area contributed by atoms with Gasteiger partial charge in [0, 0.05) is 22.0 Å². The molecular formula is C33H23BrN2O5. The zero-order chi connectivity index (χ0) is 28.2. The van der Waals surface area contributed by atoms with Crippen molar-refractivity contribution >= 4 is 51.0 Å². The minimum Gasteiger partial charge on any atom is -0.452 e. The maximum Gasteiger partial charge on any atom is 0.338 e. The Hall–Kier alpha value is -4.56. The fourth-order valence-electron chi connectivity index (χ4n) is 6.62. The van der Waals surface area contributed by atoms with Gasteiger partial charge in [-0.1, -0.05) is 64.5 Å². The summed E-state index contributed by atoms with van der Waals surface area (Å²) in [5.74, 6) is -2.92. The van der Waals surface area contributed by atoms with Crippen LogP contribution in [-0.2, 0) is 19.1 Å². The molecule has 4 aromatic rings. The van der Waals surface area contributed by atoms with Crippen LogP contribution in [0.25, 0.3) is 0 Å². The second-order valence-electron chi connectivity index (χ2n) is 10.5. The minimum absolute atomic E-state index is 0.184. The van der Waals surface area contributed by atoms with Crippen LogP contribution in [-0.4, -0.2) is 30.3 Å². The van der Waals surface area contributed by atoms with Crippen LogP contribution in [0.5, 0.6) is 0 Å². The molecule has 1 saturated heterocycles. The lowest BCUT2D eigenvalue weighted by molar-refractivity contribution is -0.122. The number of carbonyl (C=O) groups is 4. The predicted octanol–water partition coefficient (Wildman–Crippen LogP) is 5.64. The number of rotatable bonds is 5. The van der Waals surface area contributed by atoms with Crippen LogP contribution in [0.3, 0.4) is 0 Å². The molecule has 3 amide bonds. The summed E-state index contributed by atoms with van der Waals surface area (Å²) >= 11 is 3.33. The monoisotopic (exact) mass is 606 g/mol. The zero-order valence-electron chi connectivity index (χ0n) is 21.6. The predicted molar refractivity (Wildman–Crippen MR) is 156 cm³/mol. The van der Waals surface area contributed by atoms with Crippen LogP contribution < -0.4 is 10.2 Å². The van der Waals surface area contributed by atoms with E-state index >= 15 is 0 Å². The van der Waals surface area contributed by atoms with E-state index in [9.17, 15) is 19.2 Å². The molecule has 7 nitrogen and oxygen atoms in total. The SMILES string of the molecule is O=C(COC(=O)c1ccc(N2C(=O)[C@@H]3C4c5ccccc5C(c5ccccc54)[C@@H]3C2=O)cc1)Nc1ccc(Br)cc1. The summed E-state index contributed by atoms with van der Waals surface area (Å²) in [6.45, 7) is -0.451. The highest BCUT2D eigenvalue weighted by Crippen LogP contribution is 2.61. The number of ether oxygens (including phenoxy) is 1. The first kappa shape index (κ1) is 25.4. The molecule has 4 aliphatic rings. The van der Waals surface area contributed by atoms with Gasteiger partial charge in [-0.2, -0.15) is 0 Å². The van der Waals surface area contributed by atoms with Crippen molar-refractivity contribution in [3.8, 4) is 0 Å². The van der Waals surface area contributed by atoms with Crippen molar-refractivity contribution in [2.45, 2.75) is 11.8 Å². The fourth-order valence-corrected chi connectivity index (χ4v) is 6.89. The smallest absolute Gasteiger partial charge is 0.338 e. The molecule has 4 aromatic carbocycles. The summed E-state index contributed by atoms with van der Waals surface area (Å²) in [6, 6.07) is 29.4. The number of hydrogen-bond donors (Lipinski definition) is 1. The van der Waals surface area contributed by atoms with Gasteiger partial charge in [0.1, 0.15) is 0 Å². The van der Waals surface area contributed by atoms with E-state index in [0.717, 1.165) is 26.7 Å². The second kappa shape index (κ2) is 9.82. The van der Waals surface area contributed by atoms with Gasteiger partial charge in [-0.3, -0.25) is 14.4 Å². The topological polar surface area (TPSA) is 92.8 Å². The van der Waals surface area contributed by atoms with Gasteiger partial charge in [-0.25, -0.2) is 9.69 Å². The summed E-state index contributed by atoms with van der Waals surface area (Å²) < 4.78 is 6.05. The molecule has 41 heavy (non-hydrogen) atoms. The summed E-state index contributed by atoms with van der Waals surface area (Å²) in [5.41, 5.74) is 5.66. The molecule has 3 aliphatic carbocycles. The van der Waals surface area contributed by atoms with E-state index in [2.05, 4.69) is 45.5 Å². The Kier molecular flexibility index (Phi) is 6.08. The van der Waals surface area contributed by atoms with Crippen molar-refractivity contribution in [3.05, 3.63) is 129 Å². The maximum atomic E-state index is 13.9. The van der Waals surface area contributed by atoms with E-state index in [-0.39, 0.29) is 29.2 Å². The van der Waals surface area contributed by atoms with Gasteiger partial charge in [0.25, 0.3) is 5.91 Å². The van der Waals surface area contributed by atoms with Crippen molar-refractivity contribution in [1.82, 2.24) is 0 Å². The third kappa shape index (κ3) is 4.09. The number of anilines is 2. The number of esters is 1. The molecule has 8 rings (SSSR count). The maximum absolute atomic E-state index is 13.9. The molecule has 2 bridgehead atoms. The highest BCUT2D eigenvalue weighted by molar-refractivity contribution is 9.10. The van der Waals surface area contributed by atoms with Gasteiger partial charge < -0.3 is 10.1 Å². The minimum atomic E-state index is -0.681. The number of nitrogens with one attached hydrogen (secondary N) is 1. The highest BCUT2D eigenvalue weighted by atomic mass is 79.9. The van der Waals surface area contributed by atoms with E-state index in [0.29, 0.717) is 11.4 Å². The second-order valence-corrected chi connectivity index (χ2v) is 11.4. The number of carbonyl (C=O) groups excluding carboxylic acids is 4. The lowest BCUT2D eigenvalue weighted by Gasteiger charge is -2.45. The molecule has 0 radical (unpaired) electrons. The molecule has 1 aliphatic heterocycles. The van der Waals surface area contributed by atoms with E-state index < -0.39 is 30.3 Å². The molecule has 1 fully saturated rings. The Morgan fingerprint density at radius 2 is 1.20 bits per heavy atom. The average molecular weight is 607 g/mol. The average Bonchev–Trinajstić information content (AvgIpc) is 3.27. The molecule has 0 saturated carbocycles. The van der Waals surface area contributed by atoms with Gasteiger partial charge in [0.15, 0.2) is 6.61 Å². The lowest BCUT2D eigenvalue weighted by Crippen LogP contribution is -2.41. The van der Waals surface area contributed by atoms with Crippen molar-refractivity contribution < 1.29 is 23.9 Å². The fraction of sp³-hybridized carbons (Fsp3) is 0.152. The summed E-state index contributed by atoms with van der Waals surface area (Å²) in [4.78, 5) is 53.9. The first-order chi connectivity index (χ1) is 19.9. The standard InChI is InChI=1S/C33H23BrN2O5/c34-19-11-13-20(14-12-19)35-26(37)17-41-33(40)18-9-15-21(16-10-18)36-31(38)29-27-22-5-1-2-6-23(22)28(30(29)32(36)39)25-8-4-3-7-24(25)27/h1-16,27-30H,17H2,(H,35,37)/t27?,28?,29-,30+. The Morgan fingerprint density at radius 1 is 0.707 bits per heavy atom. The molecule has 8 heteroatoms. The number of nitrogens with zero attached hydrogens (tertiary/aromatic N) is 1. The largest absolute Gasteiger partial charge is 0.452 e. The van der Waals surface area contributed by atoms with Crippen molar-refractivity contribution in [2.24, 2.45) is 11.8 Å². The van der Waals surface area contributed by atoms with Crippen molar-refractivity contribution in [1.29, 1.82) is 0 Å². The molecule has 0 spiro atoms. The van der Waals surface area contributed by atoms with E-state index in [1.54, 1.807) is 36.4 Å². The van der Waals surface area contributed by atoms with Gasteiger partial charge in [-0.15, -0.1) is 0 Å². The number of hydrogen-bond acceptors (Lipinski definition) is 5.